The molecule has 24 heavy (non-hydrogen) atoms. The molecule has 1 aliphatic heterocycles. The highest BCUT2D eigenvalue weighted by Gasteiger charge is 2.26. The molecule has 0 unspecified atom stereocenters. The molecular formula is C18H20N4O2. The SMILES string of the molecule is NCCCC(=O)Nc1ccc2c(c1)N(C(=O)c1cccnc1)CC2. The highest BCUT2D eigenvalue weighted by atomic mass is 16.2. The average molecular weight is 324 g/mol. The second-order valence-corrected chi connectivity index (χ2v) is 5.73. The standard InChI is InChI=1S/C18H20N4O2/c19-8-1-4-17(23)21-15-6-5-13-7-10-22(16(13)11-15)18(24)14-3-2-9-20-12-14/h2-3,5-6,9,11-12H,1,4,7-8,10,19H2,(H,21,23). The first-order valence-corrected chi connectivity index (χ1v) is 8.04. The molecule has 6 heteroatoms. The van der Waals surface area contributed by atoms with Crippen LogP contribution in [0.15, 0.2) is 42.7 Å². The van der Waals surface area contributed by atoms with E-state index in [1.165, 1.54) is 0 Å². The highest BCUT2D eigenvalue weighted by molar-refractivity contribution is 6.07. The minimum absolute atomic E-state index is 0.0662. The van der Waals surface area contributed by atoms with Gasteiger partial charge in [-0.1, -0.05) is 6.07 Å². The third-order valence-electron chi connectivity index (χ3n) is 4.03. The predicted molar refractivity (Wildman–Crippen MR) is 93.0 cm³/mol. The maximum atomic E-state index is 12.7. The van der Waals surface area contributed by atoms with E-state index in [1.807, 2.05) is 18.2 Å². The van der Waals surface area contributed by atoms with Gasteiger partial charge in [-0.05, 0) is 49.2 Å². The van der Waals surface area contributed by atoms with Crippen molar-refractivity contribution in [3.8, 4) is 0 Å². The van der Waals surface area contributed by atoms with E-state index in [0.717, 1.165) is 17.7 Å². The third-order valence-corrected chi connectivity index (χ3v) is 4.03. The number of carbonyl (C=O) groups is 2. The smallest absolute Gasteiger partial charge is 0.259 e. The van der Waals surface area contributed by atoms with Crippen LogP contribution < -0.4 is 16.0 Å². The predicted octanol–water partition coefficient (Wildman–Crippen LogP) is 1.96. The molecule has 6 nitrogen and oxygen atoms in total. The number of amides is 2. The molecule has 124 valence electrons. The van der Waals surface area contributed by atoms with Crippen molar-refractivity contribution >= 4 is 23.2 Å². The van der Waals surface area contributed by atoms with Crippen molar-refractivity contribution in [3.05, 3.63) is 53.9 Å². The zero-order chi connectivity index (χ0) is 16.9. The Kier molecular flexibility index (Phi) is 4.86. The number of hydrogen-bond acceptors (Lipinski definition) is 4. The van der Waals surface area contributed by atoms with E-state index in [-0.39, 0.29) is 11.8 Å². The summed E-state index contributed by atoms with van der Waals surface area (Å²) in [6.07, 6.45) is 5.07. The molecule has 0 saturated heterocycles. The summed E-state index contributed by atoms with van der Waals surface area (Å²) in [6, 6.07) is 9.20. The Hall–Kier alpha value is -2.73. The number of nitrogens with zero attached hydrogens (tertiary/aromatic N) is 2. The molecule has 0 aliphatic carbocycles. The number of nitrogens with two attached hydrogens (primary N) is 1. The number of anilines is 2. The van der Waals surface area contributed by atoms with Crippen LogP contribution in [0, 0.1) is 0 Å². The number of fused-ring (bicyclic) bond motifs is 1. The summed E-state index contributed by atoms with van der Waals surface area (Å²) in [5.41, 5.74) is 8.63. The quantitative estimate of drug-likeness (QED) is 0.880. The molecule has 2 amide bonds. The average Bonchev–Trinajstić information content (AvgIpc) is 3.03. The highest BCUT2D eigenvalue weighted by Crippen LogP contribution is 2.32. The molecular weight excluding hydrogens is 304 g/mol. The van der Waals surface area contributed by atoms with Crippen molar-refractivity contribution in [2.24, 2.45) is 5.73 Å². The molecule has 0 spiro atoms. The van der Waals surface area contributed by atoms with E-state index in [1.54, 1.807) is 29.4 Å². The van der Waals surface area contributed by atoms with Crippen molar-refractivity contribution in [3.63, 3.8) is 0 Å². The Labute approximate surface area is 140 Å². The van der Waals surface area contributed by atoms with Crippen LogP contribution in [0.1, 0.15) is 28.8 Å². The summed E-state index contributed by atoms with van der Waals surface area (Å²) >= 11 is 0. The second kappa shape index (κ2) is 7.23. The molecule has 1 aromatic heterocycles. The number of hydrogen-bond donors (Lipinski definition) is 2. The number of nitrogens with one attached hydrogen (secondary N) is 1. The number of rotatable bonds is 5. The molecule has 0 bridgehead atoms. The number of aromatic nitrogens is 1. The van der Waals surface area contributed by atoms with Gasteiger partial charge < -0.3 is 16.0 Å². The second-order valence-electron chi connectivity index (χ2n) is 5.73. The lowest BCUT2D eigenvalue weighted by Crippen LogP contribution is -2.29. The summed E-state index contributed by atoms with van der Waals surface area (Å²) in [5.74, 6) is -0.142. The van der Waals surface area contributed by atoms with Crippen LogP contribution in [-0.4, -0.2) is 29.9 Å². The minimum atomic E-state index is -0.0755. The molecule has 2 aromatic rings. The summed E-state index contributed by atoms with van der Waals surface area (Å²) in [5, 5.41) is 2.86. The third kappa shape index (κ3) is 3.44. The van der Waals surface area contributed by atoms with Crippen LogP contribution in [0.25, 0.3) is 0 Å². The Bertz CT molecular complexity index is 746. The van der Waals surface area contributed by atoms with Crippen molar-refractivity contribution in [2.75, 3.05) is 23.3 Å². The molecule has 0 saturated carbocycles. The summed E-state index contributed by atoms with van der Waals surface area (Å²) in [4.78, 5) is 30.3. The summed E-state index contributed by atoms with van der Waals surface area (Å²) in [7, 11) is 0. The monoisotopic (exact) mass is 324 g/mol. The van der Waals surface area contributed by atoms with Crippen LogP contribution in [-0.2, 0) is 11.2 Å². The normalized spacial score (nSPS) is 12.8. The lowest BCUT2D eigenvalue weighted by Gasteiger charge is -2.18. The van der Waals surface area contributed by atoms with Crippen molar-refractivity contribution in [1.82, 2.24) is 4.98 Å². The first kappa shape index (κ1) is 16.1. The van der Waals surface area contributed by atoms with E-state index >= 15 is 0 Å². The van der Waals surface area contributed by atoms with Gasteiger partial charge in [0.05, 0.1) is 5.56 Å². The van der Waals surface area contributed by atoms with Crippen molar-refractivity contribution in [1.29, 1.82) is 0 Å². The van der Waals surface area contributed by atoms with Gasteiger partial charge in [-0.2, -0.15) is 0 Å². The largest absolute Gasteiger partial charge is 0.330 e. The lowest BCUT2D eigenvalue weighted by molar-refractivity contribution is -0.116. The number of carbonyl (C=O) groups excluding carboxylic acids is 2. The molecule has 0 radical (unpaired) electrons. The molecule has 1 aliphatic rings. The molecule has 0 atom stereocenters. The summed E-state index contributed by atoms with van der Waals surface area (Å²) in [6.45, 7) is 1.12. The molecule has 2 heterocycles. The fourth-order valence-electron chi connectivity index (χ4n) is 2.80. The molecule has 0 fully saturated rings. The first-order chi connectivity index (χ1) is 11.7. The van der Waals surface area contributed by atoms with E-state index in [0.29, 0.717) is 37.2 Å². The van der Waals surface area contributed by atoms with Gasteiger partial charge in [0.2, 0.25) is 5.91 Å². The summed E-state index contributed by atoms with van der Waals surface area (Å²) < 4.78 is 0. The zero-order valence-corrected chi connectivity index (χ0v) is 13.4. The Morgan fingerprint density at radius 1 is 1.29 bits per heavy atom. The van der Waals surface area contributed by atoms with Crippen LogP contribution in [0.4, 0.5) is 11.4 Å². The van der Waals surface area contributed by atoms with Gasteiger partial charge in [-0.3, -0.25) is 14.6 Å². The fourth-order valence-corrected chi connectivity index (χ4v) is 2.80. The first-order valence-electron chi connectivity index (χ1n) is 8.04. The maximum Gasteiger partial charge on any atom is 0.259 e. The van der Waals surface area contributed by atoms with Gasteiger partial charge >= 0.3 is 0 Å². The van der Waals surface area contributed by atoms with Crippen LogP contribution in [0.2, 0.25) is 0 Å². The van der Waals surface area contributed by atoms with Gasteiger partial charge in [0.1, 0.15) is 0 Å². The van der Waals surface area contributed by atoms with Gasteiger partial charge in [-0.15, -0.1) is 0 Å². The maximum absolute atomic E-state index is 12.7. The van der Waals surface area contributed by atoms with E-state index in [2.05, 4.69) is 10.3 Å². The van der Waals surface area contributed by atoms with Gasteiger partial charge in [0.25, 0.3) is 5.91 Å². The Morgan fingerprint density at radius 2 is 2.17 bits per heavy atom. The van der Waals surface area contributed by atoms with E-state index in [4.69, 9.17) is 5.73 Å². The van der Waals surface area contributed by atoms with Crippen molar-refractivity contribution < 1.29 is 9.59 Å². The lowest BCUT2D eigenvalue weighted by atomic mass is 10.1. The van der Waals surface area contributed by atoms with Gasteiger partial charge in [0, 0.05) is 36.7 Å². The van der Waals surface area contributed by atoms with E-state index < -0.39 is 0 Å². The van der Waals surface area contributed by atoms with Crippen LogP contribution >= 0.6 is 0 Å². The van der Waals surface area contributed by atoms with Crippen LogP contribution in [0.3, 0.4) is 0 Å². The Morgan fingerprint density at radius 3 is 2.92 bits per heavy atom. The Balaban J connectivity index is 1.78. The van der Waals surface area contributed by atoms with E-state index in [9.17, 15) is 9.59 Å². The molecule has 3 rings (SSSR count). The molecule has 3 N–H and O–H groups in total. The topological polar surface area (TPSA) is 88.3 Å². The minimum Gasteiger partial charge on any atom is -0.330 e. The van der Waals surface area contributed by atoms with Gasteiger partial charge in [0.15, 0.2) is 0 Å². The number of benzene rings is 1. The fraction of sp³-hybridized carbons (Fsp3) is 0.278. The number of pyridine rings is 1. The zero-order valence-electron chi connectivity index (χ0n) is 13.4. The van der Waals surface area contributed by atoms with Gasteiger partial charge in [-0.25, -0.2) is 0 Å². The van der Waals surface area contributed by atoms with Crippen molar-refractivity contribution in [2.45, 2.75) is 19.3 Å². The van der Waals surface area contributed by atoms with Crippen LogP contribution in [0.5, 0.6) is 0 Å². The molecule has 1 aromatic carbocycles.